The molecule has 104 valence electrons. The first-order valence-electron chi connectivity index (χ1n) is 6.73. The van der Waals surface area contributed by atoms with Crippen molar-refractivity contribution in [3.8, 4) is 11.1 Å². The van der Waals surface area contributed by atoms with Crippen molar-refractivity contribution in [2.45, 2.75) is 12.8 Å². The molecule has 0 aliphatic rings. The first kappa shape index (κ1) is 14.3. The van der Waals surface area contributed by atoms with Gasteiger partial charge in [0.1, 0.15) is 0 Å². The summed E-state index contributed by atoms with van der Waals surface area (Å²) in [4.78, 5) is 11.9. The number of rotatable bonds is 5. The Balaban J connectivity index is 2.49. The molecule has 0 saturated carbocycles. The van der Waals surface area contributed by atoms with Gasteiger partial charge in [0.2, 0.25) is 0 Å². The molecule has 0 aliphatic heterocycles. The second-order valence-corrected chi connectivity index (χ2v) is 4.59. The lowest BCUT2D eigenvalue weighted by Crippen LogP contribution is -2.05. The van der Waals surface area contributed by atoms with Gasteiger partial charge in [-0.05, 0) is 42.1 Å². The molecule has 20 heavy (non-hydrogen) atoms. The van der Waals surface area contributed by atoms with Crippen LogP contribution in [0.5, 0.6) is 0 Å². The molecule has 0 radical (unpaired) electrons. The molecule has 0 fully saturated rings. The fraction of sp³-hybridized carbons (Fsp3) is 0.235. The number of esters is 1. The van der Waals surface area contributed by atoms with E-state index in [2.05, 4.69) is 6.07 Å². The average Bonchev–Trinajstić information content (AvgIpc) is 2.52. The predicted molar refractivity (Wildman–Crippen MR) is 80.6 cm³/mol. The van der Waals surface area contributed by atoms with Gasteiger partial charge >= 0.3 is 5.97 Å². The van der Waals surface area contributed by atoms with E-state index in [4.69, 9.17) is 10.5 Å². The van der Waals surface area contributed by atoms with Gasteiger partial charge in [-0.3, -0.25) is 0 Å². The number of hydrogen-bond acceptors (Lipinski definition) is 3. The lowest BCUT2D eigenvalue weighted by Gasteiger charge is -2.12. The van der Waals surface area contributed by atoms with Crippen molar-refractivity contribution in [3.63, 3.8) is 0 Å². The van der Waals surface area contributed by atoms with Crippen molar-refractivity contribution < 1.29 is 9.53 Å². The summed E-state index contributed by atoms with van der Waals surface area (Å²) in [5, 5.41) is 0. The van der Waals surface area contributed by atoms with Crippen molar-refractivity contribution in [3.05, 3.63) is 59.7 Å². The smallest absolute Gasteiger partial charge is 0.338 e. The molecule has 0 aliphatic carbocycles. The number of methoxy groups -OCH3 is 1. The second kappa shape index (κ2) is 6.87. The molecule has 0 saturated heterocycles. The minimum Gasteiger partial charge on any atom is -0.465 e. The molecular weight excluding hydrogens is 250 g/mol. The Labute approximate surface area is 119 Å². The summed E-state index contributed by atoms with van der Waals surface area (Å²) in [5.74, 6) is -0.311. The molecule has 0 aromatic heterocycles. The maximum atomic E-state index is 11.9. The SMILES string of the molecule is COC(=O)c1ccccc1-c1ccccc1CCCN. The first-order chi connectivity index (χ1) is 9.77. The molecule has 0 atom stereocenters. The Morgan fingerprint density at radius 1 is 1.05 bits per heavy atom. The number of aryl methyl sites for hydroxylation is 1. The molecule has 2 N–H and O–H groups in total. The minimum atomic E-state index is -0.311. The average molecular weight is 269 g/mol. The largest absolute Gasteiger partial charge is 0.465 e. The summed E-state index contributed by atoms with van der Waals surface area (Å²) in [7, 11) is 1.40. The van der Waals surface area contributed by atoms with Crippen LogP contribution in [-0.2, 0) is 11.2 Å². The van der Waals surface area contributed by atoms with Gasteiger partial charge in [-0.25, -0.2) is 4.79 Å². The van der Waals surface area contributed by atoms with Crippen molar-refractivity contribution in [1.82, 2.24) is 0 Å². The summed E-state index contributed by atoms with van der Waals surface area (Å²) >= 11 is 0. The number of nitrogens with two attached hydrogens (primary N) is 1. The predicted octanol–water partition coefficient (Wildman–Crippen LogP) is 3.03. The molecule has 3 nitrogen and oxygen atoms in total. The molecule has 2 aromatic rings. The van der Waals surface area contributed by atoms with E-state index >= 15 is 0 Å². The second-order valence-electron chi connectivity index (χ2n) is 4.59. The van der Waals surface area contributed by atoms with Gasteiger partial charge in [0, 0.05) is 0 Å². The highest BCUT2D eigenvalue weighted by atomic mass is 16.5. The van der Waals surface area contributed by atoms with Crippen LogP contribution in [0, 0.1) is 0 Å². The van der Waals surface area contributed by atoms with E-state index in [9.17, 15) is 4.79 Å². The Hall–Kier alpha value is -2.13. The number of benzene rings is 2. The summed E-state index contributed by atoms with van der Waals surface area (Å²) in [6.45, 7) is 0.660. The third kappa shape index (κ3) is 3.06. The van der Waals surface area contributed by atoms with Crippen LogP contribution in [-0.4, -0.2) is 19.6 Å². The van der Waals surface area contributed by atoms with Crippen LogP contribution in [0.1, 0.15) is 22.3 Å². The first-order valence-corrected chi connectivity index (χ1v) is 6.73. The zero-order chi connectivity index (χ0) is 14.4. The summed E-state index contributed by atoms with van der Waals surface area (Å²) in [6, 6.07) is 15.6. The molecule has 0 unspecified atom stereocenters. The molecule has 0 bridgehead atoms. The summed E-state index contributed by atoms with van der Waals surface area (Å²) in [5.41, 5.74) is 9.37. The normalized spacial score (nSPS) is 10.3. The van der Waals surface area contributed by atoms with Gasteiger partial charge < -0.3 is 10.5 Å². The van der Waals surface area contributed by atoms with Crippen LogP contribution in [0.2, 0.25) is 0 Å². The van der Waals surface area contributed by atoms with Crippen LogP contribution in [0.3, 0.4) is 0 Å². The monoisotopic (exact) mass is 269 g/mol. The van der Waals surface area contributed by atoms with E-state index in [-0.39, 0.29) is 5.97 Å². The molecule has 2 aromatic carbocycles. The topological polar surface area (TPSA) is 52.3 Å². The van der Waals surface area contributed by atoms with Crippen molar-refractivity contribution in [2.24, 2.45) is 5.73 Å². The number of carbonyl (C=O) groups is 1. The summed E-state index contributed by atoms with van der Waals surface area (Å²) in [6.07, 6.45) is 1.83. The molecule has 3 heteroatoms. The molecule has 0 heterocycles. The van der Waals surface area contributed by atoms with Crippen LogP contribution >= 0.6 is 0 Å². The van der Waals surface area contributed by atoms with E-state index in [1.54, 1.807) is 6.07 Å². The zero-order valence-electron chi connectivity index (χ0n) is 11.6. The van der Waals surface area contributed by atoms with E-state index < -0.39 is 0 Å². The third-order valence-electron chi connectivity index (χ3n) is 3.29. The van der Waals surface area contributed by atoms with E-state index in [1.165, 1.54) is 12.7 Å². The Morgan fingerprint density at radius 2 is 1.70 bits per heavy atom. The lowest BCUT2D eigenvalue weighted by atomic mass is 9.93. The van der Waals surface area contributed by atoms with Crippen LogP contribution < -0.4 is 5.73 Å². The van der Waals surface area contributed by atoms with Gasteiger partial charge in [-0.15, -0.1) is 0 Å². The Kier molecular flexibility index (Phi) is 4.91. The van der Waals surface area contributed by atoms with Gasteiger partial charge in [0.25, 0.3) is 0 Å². The number of hydrogen-bond donors (Lipinski definition) is 1. The van der Waals surface area contributed by atoms with Crippen LogP contribution in [0.4, 0.5) is 0 Å². The lowest BCUT2D eigenvalue weighted by molar-refractivity contribution is 0.0601. The van der Waals surface area contributed by atoms with Crippen LogP contribution in [0.25, 0.3) is 11.1 Å². The van der Waals surface area contributed by atoms with E-state index in [1.807, 2.05) is 36.4 Å². The van der Waals surface area contributed by atoms with Gasteiger partial charge in [0.05, 0.1) is 12.7 Å². The maximum absolute atomic E-state index is 11.9. The number of carbonyl (C=O) groups excluding carboxylic acids is 1. The minimum absolute atomic E-state index is 0.311. The van der Waals surface area contributed by atoms with Gasteiger partial charge in [0.15, 0.2) is 0 Å². The highest BCUT2D eigenvalue weighted by Crippen LogP contribution is 2.28. The van der Waals surface area contributed by atoms with Crippen molar-refractivity contribution in [1.29, 1.82) is 0 Å². The van der Waals surface area contributed by atoms with Gasteiger partial charge in [-0.1, -0.05) is 42.5 Å². The van der Waals surface area contributed by atoms with Gasteiger partial charge in [-0.2, -0.15) is 0 Å². The third-order valence-corrected chi connectivity index (χ3v) is 3.29. The quantitative estimate of drug-likeness (QED) is 0.849. The maximum Gasteiger partial charge on any atom is 0.338 e. The van der Waals surface area contributed by atoms with Crippen LogP contribution in [0.15, 0.2) is 48.5 Å². The Bertz CT molecular complexity index is 593. The Morgan fingerprint density at radius 3 is 2.40 bits per heavy atom. The van der Waals surface area contributed by atoms with Crippen molar-refractivity contribution in [2.75, 3.05) is 13.7 Å². The molecule has 0 spiro atoms. The fourth-order valence-corrected chi connectivity index (χ4v) is 2.30. The molecule has 2 rings (SSSR count). The zero-order valence-corrected chi connectivity index (χ0v) is 11.6. The van der Waals surface area contributed by atoms with E-state index in [0.717, 1.165) is 24.0 Å². The van der Waals surface area contributed by atoms with Crippen molar-refractivity contribution >= 4 is 5.97 Å². The summed E-state index contributed by atoms with van der Waals surface area (Å²) < 4.78 is 4.86. The molecular formula is C17H19NO2. The standard InChI is InChI=1S/C17H19NO2/c1-20-17(19)16-11-5-4-10-15(16)14-9-3-2-7-13(14)8-6-12-18/h2-5,7,9-11H,6,8,12,18H2,1H3. The number of ether oxygens (including phenoxy) is 1. The molecule has 0 amide bonds. The highest BCUT2D eigenvalue weighted by molar-refractivity contribution is 5.97. The fourth-order valence-electron chi connectivity index (χ4n) is 2.30. The highest BCUT2D eigenvalue weighted by Gasteiger charge is 2.14. The van der Waals surface area contributed by atoms with E-state index in [0.29, 0.717) is 12.1 Å².